The number of aromatic nitrogens is 3. The number of nitrogens with zero attached hydrogens (tertiary/aromatic N) is 2. The van der Waals surface area contributed by atoms with Crippen LogP contribution in [0, 0.1) is 0 Å². The zero-order valence-corrected chi connectivity index (χ0v) is 8.14. The van der Waals surface area contributed by atoms with E-state index in [9.17, 15) is 4.79 Å². The number of carboxylic acids is 1. The van der Waals surface area contributed by atoms with Crippen LogP contribution in [0.25, 0.3) is 21.8 Å². The number of H-pyrrole nitrogens is 1. The molecule has 0 aliphatic rings. The van der Waals surface area contributed by atoms with Crippen LogP contribution in [0.4, 0.5) is 0 Å². The Morgan fingerprint density at radius 3 is 3.06 bits per heavy atom. The number of fused-ring (bicyclic) bond motifs is 3. The molecule has 0 spiro atoms. The zero-order valence-electron chi connectivity index (χ0n) is 8.14. The first kappa shape index (κ1) is 8.84. The molecule has 5 nitrogen and oxygen atoms in total. The van der Waals surface area contributed by atoms with E-state index in [1.165, 1.54) is 6.07 Å². The van der Waals surface area contributed by atoms with Crippen molar-refractivity contribution in [2.45, 2.75) is 0 Å². The third-order valence-corrected chi connectivity index (χ3v) is 2.49. The highest BCUT2D eigenvalue weighted by atomic mass is 16.4. The fraction of sp³-hybridized carbons (Fsp3) is 0. The topological polar surface area (TPSA) is 78.9 Å². The van der Waals surface area contributed by atoms with Gasteiger partial charge in [-0.2, -0.15) is 0 Å². The van der Waals surface area contributed by atoms with Crippen LogP contribution in [-0.2, 0) is 0 Å². The van der Waals surface area contributed by atoms with E-state index >= 15 is 0 Å². The van der Waals surface area contributed by atoms with Gasteiger partial charge in [0.25, 0.3) is 0 Å². The maximum Gasteiger partial charge on any atom is 0.352 e. The lowest BCUT2D eigenvalue weighted by atomic mass is 10.2. The van der Waals surface area contributed by atoms with Crippen molar-refractivity contribution in [2.24, 2.45) is 0 Å². The maximum absolute atomic E-state index is 10.8. The van der Waals surface area contributed by atoms with E-state index in [2.05, 4.69) is 15.0 Å². The molecule has 5 heteroatoms. The van der Waals surface area contributed by atoms with Crippen LogP contribution in [0.3, 0.4) is 0 Å². The molecule has 0 aliphatic carbocycles. The molecule has 2 N–H and O–H groups in total. The predicted molar refractivity (Wildman–Crippen MR) is 58.4 cm³/mol. The molecule has 0 aromatic carbocycles. The van der Waals surface area contributed by atoms with Crippen molar-refractivity contribution in [3.05, 3.63) is 36.4 Å². The van der Waals surface area contributed by atoms with Gasteiger partial charge in [-0.05, 0) is 12.1 Å². The summed E-state index contributed by atoms with van der Waals surface area (Å²) >= 11 is 0. The Morgan fingerprint density at radius 1 is 1.38 bits per heavy atom. The zero-order chi connectivity index (χ0) is 11.1. The van der Waals surface area contributed by atoms with Gasteiger partial charge >= 0.3 is 5.97 Å². The van der Waals surface area contributed by atoms with Gasteiger partial charge in [0.05, 0.1) is 11.0 Å². The van der Waals surface area contributed by atoms with Crippen LogP contribution in [0.1, 0.15) is 10.5 Å². The number of pyridine rings is 2. The van der Waals surface area contributed by atoms with Crippen molar-refractivity contribution in [1.29, 1.82) is 0 Å². The molecule has 3 rings (SSSR count). The van der Waals surface area contributed by atoms with Gasteiger partial charge in [-0.25, -0.2) is 4.79 Å². The first-order valence-electron chi connectivity index (χ1n) is 4.70. The lowest BCUT2D eigenvalue weighted by Crippen LogP contribution is -1.94. The third-order valence-electron chi connectivity index (χ3n) is 2.49. The van der Waals surface area contributed by atoms with Crippen LogP contribution in [0.15, 0.2) is 30.7 Å². The van der Waals surface area contributed by atoms with Crippen LogP contribution in [0.2, 0.25) is 0 Å². The number of hydrogen-bond acceptors (Lipinski definition) is 3. The van der Waals surface area contributed by atoms with Crippen molar-refractivity contribution in [1.82, 2.24) is 15.0 Å². The second kappa shape index (κ2) is 3.03. The summed E-state index contributed by atoms with van der Waals surface area (Å²) in [6.45, 7) is 0. The van der Waals surface area contributed by atoms with E-state index in [1.807, 2.05) is 6.07 Å². The second-order valence-corrected chi connectivity index (χ2v) is 3.47. The Hall–Kier alpha value is -2.43. The Labute approximate surface area is 89.8 Å². The first-order valence-corrected chi connectivity index (χ1v) is 4.70. The predicted octanol–water partition coefficient (Wildman–Crippen LogP) is 1.81. The van der Waals surface area contributed by atoms with E-state index in [0.29, 0.717) is 5.52 Å². The van der Waals surface area contributed by atoms with Gasteiger partial charge in [-0.3, -0.25) is 9.97 Å². The van der Waals surface area contributed by atoms with Crippen molar-refractivity contribution >= 4 is 27.8 Å². The number of aromatic carboxylic acids is 1. The highest BCUT2D eigenvalue weighted by molar-refractivity contribution is 6.05. The standard InChI is InChI=1S/C11H7N3O2/c15-11(16)9-3-8-10(14-9)7-1-2-12-4-6(7)5-13-8/h1-5,14H,(H,15,16). The van der Waals surface area contributed by atoms with Gasteiger partial charge in [-0.15, -0.1) is 0 Å². The Kier molecular flexibility index (Phi) is 1.67. The van der Waals surface area contributed by atoms with Crippen molar-refractivity contribution in [3.63, 3.8) is 0 Å². The van der Waals surface area contributed by atoms with Crippen LogP contribution < -0.4 is 0 Å². The van der Waals surface area contributed by atoms with E-state index in [4.69, 9.17) is 5.11 Å². The van der Waals surface area contributed by atoms with E-state index in [0.717, 1.165) is 16.3 Å². The monoisotopic (exact) mass is 213 g/mol. The normalized spacial score (nSPS) is 11.0. The van der Waals surface area contributed by atoms with Crippen LogP contribution in [-0.4, -0.2) is 26.0 Å². The smallest absolute Gasteiger partial charge is 0.352 e. The van der Waals surface area contributed by atoms with E-state index < -0.39 is 5.97 Å². The minimum atomic E-state index is -0.986. The number of rotatable bonds is 1. The highest BCUT2D eigenvalue weighted by Gasteiger charge is 2.10. The lowest BCUT2D eigenvalue weighted by Gasteiger charge is -1.96. The van der Waals surface area contributed by atoms with Gasteiger partial charge in [0.1, 0.15) is 5.69 Å². The SMILES string of the molecule is O=C(O)c1cc2ncc3cnccc3c2[nH]1. The second-order valence-electron chi connectivity index (χ2n) is 3.47. The quantitative estimate of drug-likeness (QED) is 0.646. The molecule has 3 aromatic rings. The number of carbonyl (C=O) groups is 1. The minimum absolute atomic E-state index is 0.145. The van der Waals surface area contributed by atoms with Gasteiger partial charge < -0.3 is 10.1 Å². The highest BCUT2D eigenvalue weighted by Crippen LogP contribution is 2.22. The summed E-state index contributed by atoms with van der Waals surface area (Å²) in [5.41, 5.74) is 1.53. The Bertz CT molecular complexity index is 703. The molecule has 0 fully saturated rings. The van der Waals surface area contributed by atoms with Crippen LogP contribution in [0.5, 0.6) is 0 Å². The molecule has 0 amide bonds. The van der Waals surface area contributed by atoms with Crippen molar-refractivity contribution in [3.8, 4) is 0 Å². The molecule has 78 valence electrons. The average molecular weight is 213 g/mol. The minimum Gasteiger partial charge on any atom is -0.477 e. The number of hydrogen-bond donors (Lipinski definition) is 2. The fourth-order valence-corrected chi connectivity index (χ4v) is 1.74. The molecule has 3 heterocycles. The van der Waals surface area contributed by atoms with E-state index in [1.54, 1.807) is 18.6 Å². The largest absolute Gasteiger partial charge is 0.477 e. The van der Waals surface area contributed by atoms with Gasteiger partial charge in [0.2, 0.25) is 0 Å². The summed E-state index contributed by atoms with van der Waals surface area (Å²) in [6.07, 6.45) is 5.05. The van der Waals surface area contributed by atoms with Gasteiger partial charge in [0, 0.05) is 29.4 Å². The third kappa shape index (κ3) is 1.15. The molecule has 3 aromatic heterocycles. The van der Waals surface area contributed by atoms with E-state index in [-0.39, 0.29) is 5.69 Å². The van der Waals surface area contributed by atoms with Crippen molar-refractivity contribution < 1.29 is 9.90 Å². The number of aromatic amines is 1. The molecule has 0 unspecified atom stereocenters. The lowest BCUT2D eigenvalue weighted by molar-refractivity contribution is 0.0691. The Morgan fingerprint density at radius 2 is 2.25 bits per heavy atom. The number of carboxylic acid groups (broad SMARTS) is 1. The van der Waals surface area contributed by atoms with Crippen LogP contribution >= 0.6 is 0 Å². The maximum atomic E-state index is 10.8. The van der Waals surface area contributed by atoms with Gasteiger partial charge in [-0.1, -0.05) is 0 Å². The first-order chi connectivity index (χ1) is 7.75. The summed E-state index contributed by atoms with van der Waals surface area (Å²) in [7, 11) is 0. The molecule has 0 radical (unpaired) electrons. The molecule has 0 atom stereocenters. The summed E-state index contributed by atoms with van der Waals surface area (Å²) in [5.74, 6) is -0.986. The summed E-state index contributed by atoms with van der Waals surface area (Å²) < 4.78 is 0. The summed E-state index contributed by atoms with van der Waals surface area (Å²) in [5, 5.41) is 10.7. The average Bonchev–Trinajstić information content (AvgIpc) is 2.73. The fourth-order valence-electron chi connectivity index (χ4n) is 1.74. The summed E-state index contributed by atoms with van der Waals surface area (Å²) in [4.78, 5) is 21.9. The van der Waals surface area contributed by atoms with Crippen molar-refractivity contribution in [2.75, 3.05) is 0 Å². The number of nitrogens with one attached hydrogen (secondary N) is 1. The molecule has 0 saturated heterocycles. The Balaban J connectivity index is 2.46. The molecular formula is C11H7N3O2. The molecule has 0 saturated carbocycles. The molecular weight excluding hydrogens is 206 g/mol. The molecule has 0 bridgehead atoms. The van der Waals surface area contributed by atoms with Gasteiger partial charge in [0.15, 0.2) is 0 Å². The molecule has 16 heavy (non-hydrogen) atoms. The summed E-state index contributed by atoms with van der Waals surface area (Å²) in [6, 6.07) is 3.36. The molecule has 0 aliphatic heterocycles.